The molecule has 0 atom stereocenters. The fourth-order valence-corrected chi connectivity index (χ4v) is 2.69. The predicted molar refractivity (Wildman–Crippen MR) is 94.6 cm³/mol. The molecule has 132 valence electrons. The van der Waals surface area contributed by atoms with E-state index in [-0.39, 0.29) is 17.2 Å². The Bertz CT molecular complexity index is 916. The molecule has 4 nitrogen and oxygen atoms in total. The molecule has 0 saturated heterocycles. The second-order valence-electron chi connectivity index (χ2n) is 5.50. The second-order valence-corrected chi connectivity index (χ2v) is 5.50. The third-order valence-corrected chi connectivity index (χ3v) is 3.83. The van der Waals surface area contributed by atoms with Crippen LogP contribution in [-0.4, -0.2) is 24.4 Å². The van der Waals surface area contributed by atoms with E-state index in [1.807, 2.05) is 0 Å². The Morgan fingerprint density at radius 1 is 1.08 bits per heavy atom. The lowest BCUT2D eigenvalue weighted by Gasteiger charge is -2.13. The van der Waals surface area contributed by atoms with Gasteiger partial charge in [-0.25, -0.2) is 0 Å². The summed E-state index contributed by atoms with van der Waals surface area (Å²) >= 11 is 0. The molecule has 26 heavy (non-hydrogen) atoms. The fraction of sp³-hybridized carbons (Fsp3) is 0.105. The number of alkyl halides is 3. The van der Waals surface area contributed by atoms with Crippen LogP contribution in [0.4, 0.5) is 18.9 Å². The van der Waals surface area contributed by atoms with E-state index in [0.717, 1.165) is 12.3 Å². The second kappa shape index (κ2) is 6.95. The molecule has 0 N–H and O–H groups in total. The maximum absolute atomic E-state index is 13.0. The molecular weight excluding hydrogens is 343 g/mol. The fourth-order valence-electron chi connectivity index (χ4n) is 2.69. The summed E-state index contributed by atoms with van der Waals surface area (Å²) in [6, 6.07) is 12.1. The number of carbonyl (C=O) groups is 1. The maximum Gasteiger partial charge on any atom is 0.417 e. The van der Waals surface area contributed by atoms with Crippen molar-refractivity contribution >= 4 is 23.5 Å². The number of carbonyl (C=O) groups excluding carboxylic acids is 1. The Labute approximate surface area is 148 Å². The molecule has 0 fully saturated rings. The zero-order valence-electron chi connectivity index (χ0n) is 13.6. The van der Waals surface area contributed by atoms with Crippen LogP contribution < -0.4 is 4.90 Å². The first-order chi connectivity index (χ1) is 12.4. The minimum Gasteiger partial charge on any atom is -0.302 e. The lowest BCUT2D eigenvalue weighted by atomic mass is 10.1. The summed E-state index contributed by atoms with van der Waals surface area (Å²) < 4.78 is 39.0. The Morgan fingerprint density at radius 2 is 1.77 bits per heavy atom. The van der Waals surface area contributed by atoms with Crippen molar-refractivity contribution in [2.45, 2.75) is 6.18 Å². The van der Waals surface area contributed by atoms with Crippen molar-refractivity contribution < 1.29 is 18.0 Å². The van der Waals surface area contributed by atoms with Crippen molar-refractivity contribution in [1.29, 1.82) is 0 Å². The van der Waals surface area contributed by atoms with Gasteiger partial charge in [0.1, 0.15) is 0 Å². The molecule has 0 saturated carbocycles. The minimum absolute atomic E-state index is 0.0863. The van der Waals surface area contributed by atoms with Crippen LogP contribution >= 0.6 is 0 Å². The zero-order chi connectivity index (χ0) is 18.7. The van der Waals surface area contributed by atoms with Gasteiger partial charge in [-0.15, -0.1) is 11.7 Å². The van der Waals surface area contributed by atoms with E-state index in [9.17, 15) is 18.0 Å². The standard InChI is InChI=1S/C19H14F3N3O/c1-2-11-25-16-10-6-4-8-14(16)17(18(25)26)24-23-12-13-7-3-5-9-15(13)19(20,21)22/h2-10,12H,1,11H2/b23-12+,24-17+. The molecule has 0 spiro atoms. The van der Waals surface area contributed by atoms with E-state index in [2.05, 4.69) is 16.8 Å². The lowest BCUT2D eigenvalue weighted by Crippen LogP contribution is -2.30. The van der Waals surface area contributed by atoms with Gasteiger partial charge in [0.2, 0.25) is 0 Å². The van der Waals surface area contributed by atoms with Gasteiger partial charge in [0.05, 0.1) is 17.5 Å². The number of para-hydroxylation sites is 1. The third-order valence-electron chi connectivity index (χ3n) is 3.83. The molecule has 2 aromatic carbocycles. The van der Waals surface area contributed by atoms with Crippen LogP contribution in [0.1, 0.15) is 16.7 Å². The molecule has 1 amide bonds. The van der Waals surface area contributed by atoms with Gasteiger partial charge in [-0.05, 0) is 12.1 Å². The lowest BCUT2D eigenvalue weighted by molar-refractivity contribution is -0.137. The van der Waals surface area contributed by atoms with Crippen LogP contribution in [-0.2, 0) is 11.0 Å². The monoisotopic (exact) mass is 357 g/mol. The van der Waals surface area contributed by atoms with Crippen LogP contribution in [0.15, 0.2) is 71.4 Å². The van der Waals surface area contributed by atoms with Crippen LogP contribution in [0.25, 0.3) is 0 Å². The quantitative estimate of drug-likeness (QED) is 0.462. The summed E-state index contributed by atoms with van der Waals surface area (Å²) in [6.07, 6.45) is -1.91. The number of nitrogens with zero attached hydrogens (tertiary/aromatic N) is 3. The molecular formula is C19H14F3N3O. The summed E-state index contributed by atoms with van der Waals surface area (Å²) in [6.45, 7) is 3.92. The number of benzene rings is 2. The number of amides is 1. The number of hydrogen-bond donors (Lipinski definition) is 0. The van der Waals surface area contributed by atoms with Gasteiger partial charge >= 0.3 is 6.18 Å². The summed E-state index contributed by atoms with van der Waals surface area (Å²) in [5.74, 6) is -0.368. The summed E-state index contributed by atoms with van der Waals surface area (Å²) in [4.78, 5) is 14.0. The first-order valence-electron chi connectivity index (χ1n) is 7.73. The first kappa shape index (κ1) is 17.6. The third kappa shape index (κ3) is 3.28. The van der Waals surface area contributed by atoms with Gasteiger partial charge < -0.3 is 4.90 Å². The van der Waals surface area contributed by atoms with E-state index in [1.54, 1.807) is 30.3 Å². The largest absolute Gasteiger partial charge is 0.417 e. The number of fused-ring (bicyclic) bond motifs is 1. The van der Waals surface area contributed by atoms with Crippen molar-refractivity contribution in [3.8, 4) is 0 Å². The van der Waals surface area contributed by atoms with Gasteiger partial charge in [-0.3, -0.25) is 4.79 Å². The molecule has 1 aliphatic rings. The van der Waals surface area contributed by atoms with E-state index < -0.39 is 11.7 Å². The topological polar surface area (TPSA) is 45.0 Å². The van der Waals surface area contributed by atoms with Crippen LogP contribution in [0.2, 0.25) is 0 Å². The van der Waals surface area contributed by atoms with E-state index in [1.165, 1.54) is 23.1 Å². The molecule has 0 bridgehead atoms. The summed E-state index contributed by atoms with van der Waals surface area (Å²) in [7, 11) is 0. The van der Waals surface area contributed by atoms with Crippen molar-refractivity contribution in [2.75, 3.05) is 11.4 Å². The Hall–Kier alpha value is -3.22. The smallest absolute Gasteiger partial charge is 0.302 e. The number of hydrogen-bond acceptors (Lipinski definition) is 3. The zero-order valence-corrected chi connectivity index (χ0v) is 13.6. The SMILES string of the molecule is C=CCN1C(=O)/C(=N/N=C/c2ccccc2C(F)(F)F)c2ccccc21. The summed E-state index contributed by atoms with van der Waals surface area (Å²) in [5, 5.41) is 7.62. The highest BCUT2D eigenvalue weighted by molar-refractivity contribution is 6.54. The molecule has 2 aromatic rings. The van der Waals surface area contributed by atoms with Gasteiger partial charge in [-0.2, -0.15) is 18.3 Å². The average molecular weight is 357 g/mol. The molecule has 1 aliphatic heterocycles. The van der Waals surface area contributed by atoms with Crippen LogP contribution in [0.3, 0.4) is 0 Å². The molecule has 0 unspecified atom stereocenters. The van der Waals surface area contributed by atoms with Gasteiger partial charge in [-0.1, -0.05) is 42.5 Å². The summed E-state index contributed by atoms with van der Waals surface area (Å²) in [5.41, 5.74) is 0.409. The highest BCUT2D eigenvalue weighted by atomic mass is 19.4. The highest BCUT2D eigenvalue weighted by Gasteiger charge is 2.34. The van der Waals surface area contributed by atoms with Gasteiger partial charge in [0.25, 0.3) is 5.91 Å². The highest BCUT2D eigenvalue weighted by Crippen LogP contribution is 2.31. The Balaban J connectivity index is 1.96. The predicted octanol–water partition coefficient (Wildman–Crippen LogP) is 4.06. The molecule has 1 heterocycles. The van der Waals surface area contributed by atoms with Crippen LogP contribution in [0, 0.1) is 0 Å². The molecule has 7 heteroatoms. The number of halogens is 3. The van der Waals surface area contributed by atoms with E-state index in [4.69, 9.17) is 0 Å². The molecule has 0 radical (unpaired) electrons. The van der Waals surface area contributed by atoms with E-state index >= 15 is 0 Å². The maximum atomic E-state index is 13.0. The number of anilines is 1. The van der Waals surface area contributed by atoms with Gasteiger partial charge in [0, 0.05) is 17.7 Å². The number of rotatable bonds is 4. The molecule has 0 aliphatic carbocycles. The minimum atomic E-state index is -4.49. The Morgan fingerprint density at radius 3 is 2.50 bits per heavy atom. The first-order valence-corrected chi connectivity index (χ1v) is 7.73. The van der Waals surface area contributed by atoms with Crippen molar-refractivity contribution in [1.82, 2.24) is 0 Å². The van der Waals surface area contributed by atoms with E-state index in [0.29, 0.717) is 17.8 Å². The van der Waals surface area contributed by atoms with Crippen molar-refractivity contribution in [2.24, 2.45) is 10.2 Å². The van der Waals surface area contributed by atoms with Crippen molar-refractivity contribution in [3.05, 3.63) is 77.9 Å². The average Bonchev–Trinajstić information content (AvgIpc) is 2.88. The van der Waals surface area contributed by atoms with Crippen LogP contribution in [0.5, 0.6) is 0 Å². The normalized spacial score (nSPS) is 15.7. The Kier molecular flexibility index (Phi) is 4.71. The molecule has 0 aromatic heterocycles. The molecule has 3 rings (SSSR count). The van der Waals surface area contributed by atoms with Crippen molar-refractivity contribution in [3.63, 3.8) is 0 Å². The van der Waals surface area contributed by atoms with Gasteiger partial charge in [0.15, 0.2) is 5.71 Å².